The lowest BCUT2D eigenvalue weighted by atomic mass is 10.2. The molecule has 3 rings (SSSR count). The number of aromatic nitrogens is 1. The molecule has 0 aliphatic heterocycles. The molecular formula is C22H22F3NO3. The number of carbonyl (C=O) groups excluding carboxylic acids is 1. The summed E-state index contributed by atoms with van der Waals surface area (Å²) < 4.78 is 53.7. The van der Waals surface area contributed by atoms with Gasteiger partial charge >= 0.3 is 6.09 Å². The first-order valence-corrected chi connectivity index (χ1v) is 9.23. The highest BCUT2D eigenvalue weighted by Gasteiger charge is 2.24. The molecule has 0 aliphatic rings. The van der Waals surface area contributed by atoms with Crippen LogP contribution >= 0.6 is 0 Å². The summed E-state index contributed by atoms with van der Waals surface area (Å²) in [4.78, 5) is 12.8. The van der Waals surface area contributed by atoms with Crippen molar-refractivity contribution in [3.63, 3.8) is 0 Å². The van der Waals surface area contributed by atoms with Crippen LogP contribution in [0.4, 0.5) is 18.0 Å². The standard InChI is InChI=1S/C22H22F3NO3/c1-5-17-9-14-8-16(24)11-19(20(14)26(17)21(27)29-22(2,3)4)28-12-13-6-7-15(23)10-18(13)25/h6-11H,5,12H2,1-4H3. The number of hydrogen-bond acceptors (Lipinski definition) is 3. The maximum absolute atomic E-state index is 14.1. The molecule has 29 heavy (non-hydrogen) atoms. The van der Waals surface area contributed by atoms with E-state index in [1.54, 1.807) is 26.8 Å². The molecule has 3 aromatic rings. The molecule has 0 radical (unpaired) electrons. The molecule has 0 spiro atoms. The van der Waals surface area contributed by atoms with E-state index in [9.17, 15) is 18.0 Å². The number of aryl methyl sites for hydroxylation is 1. The van der Waals surface area contributed by atoms with E-state index in [4.69, 9.17) is 9.47 Å². The van der Waals surface area contributed by atoms with Gasteiger partial charge in [0.2, 0.25) is 0 Å². The number of fused-ring (bicyclic) bond motifs is 1. The predicted molar refractivity (Wildman–Crippen MR) is 104 cm³/mol. The molecule has 1 heterocycles. The van der Waals surface area contributed by atoms with Crippen molar-refractivity contribution in [2.75, 3.05) is 0 Å². The molecule has 0 N–H and O–H groups in total. The van der Waals surface area contributed by atoms with Crippen LogP contribution < -0.4 is 4.74 Å². The van der Waals surface area contributed by atoms with Crippen LogP contribution in [0.1, 0.15) is 39.0 Å². The Labute approximate surface area is 166 Å². The first-order valence-electron chi connectivity index (χ1n) is 9.23. The fourth-order valence-electron chi connectivity index (χ4n) is 3.01. The van der Waals surface area contributed by atoms with Gasteiger partial charge in [-0.3, -0.25) is 0 Å². The van der Waals surface area contributed by atoms with E-state index in [1.807, 2.05) is 6.92 Å². The van der Waals surface area contributed by atoms with E-state index in [2.05, 4.69) is 0 Å². The minimum absolute atomic E-state index is 0.0642. The molecule has 0 atom stereocenters. The molecule has 0 unspecified atom stereocenters. The molecule has 2 aromatic carbocycles. The summed E-state index contributed by atoms with van der Waals surface area (Å²) in [6, 6.07) is 7.23. The van der Waals surface area contributed by atoms with Crippen molar-refractivity contribution >= 4 is 17.0 Å². The zero-order valence-electron chi connectivity index (χ0n) is 16.7. The van der Waals surface area contributed by atoms with Gasteiger partial charge in [0.15, 0.2) is 0 Å². The number of nitrogens with zero attached hydrogens (tertiary/aromatic N) is 1. The zero-order chi connectivity index (χ0) is 21.3. The van der Waals surface area contributed by atoms with E-state index in [0.717, 1.165) is 18.2 Å². The number of benzene rings is 2. The van der Waals surface area contributed by atoms with Gasteiger partial charge in [-0.15, -0.1) is 0 Å². The van der Waals surface area contributed by atoms with Crippen LogP contribution in [0.2, 0.25) is 0 Å². The smallest absolute Gasteiger partial charge is 0.419 e. The molecular weight excluding hydrogens is 383 g/mol. The Balaban J connectivity index is 2.06. The highest BCUT2D eigenvalue weighted by Crippen LogP contribution is 2.32. The fraction of sp³-hybridized carbons (Fsp3) is 0.318. The van der Waals surface area contributed by atoms with Crippen molar-refractivity contribution in [3.8, 4) is 5.75 Å². The molecule has 154 valence electrons. The minimum Gasteiger partial charge on any atom is -0.486 e. The molecule has 4 nitrogen and oxygen atoms in total. The maximum Gasteiger partial charge on any atom is 0.419 e. The molecule has 0 amide bonds. The Kier molecular flexibility index (Phi) is 5.59. The van der Waals surface area contributed by atoms with Crippen molar-refractivity contribution in [1.29, 1.82) is 0 Å². The molecule has 0 saturated heterocycles. The van der Waals surface area contributed by atoms with Crippen molar-refractivity contribution in [3.05, 3.63) is 65.1 Å². The molecule has 7 heteroatoms. The van der Waals surface area contributed by atoms with Gasteiger partial charge in [0.05, 0.1) is 0 Å². The zero-order valence-corrected chi connectivity index (χ0v) is 16.7. The van der Waals surface area contributed by atoms with Crippen molar-refractivity contribution in [1.82, 2.24) is 4.57 Å². The van der Waals surface area contributed by atoms with Crippen LogP contribution in [0.3, 0.4) is 0 Å². The third kappa shape index (κ3) is 4.55. The van der Waals surface area contributed by atoms with Crippen molar-refractivity contribution < 1.29 is 27.4 Å². The van der Waals surface area contributed by atoms with Gasteiger partial charge in [-0.05, 0) is 51.5 Å². The Bertz CT molecular complexity index is 1070. The van der Waals surface area contributed by atoms with Gasteiger partial charge in [0, 0.05) is 28.8 Å². The van der Waals surface area contributed by atoms with E-state index in [-0.39, 0.29) is 17.9 Å². The SMILES string of the molecule is CCc1cc2cc(F)cc(OCc3ccc(F)cc3F)c2n1C(=O)OC(C)(C)C. The second kappa shape index (κ2) is 7.81. The number of carbonyl (C=O) groups is 1. The molecule has 1 aromatic heterocycles. The lowest BCUT2D eigenvalue weighted by Gasteiger charge is -2.21. The van der Waals surface area contributed by atoms with Crippen LogP contribution in [0.15, 0.2) is 36.4 Å². The average molecular weight is 405 g/mol. The molecule has 0 aliphatic carbocycles. The summed E-state index contributed by atoms with van der Waals surface area (Å²) in [6.07, 6.45) is -0.115. The Hall–Kier alpha value is -2.96. The van der Waals surface area contributed by atoms with Crippen LogP contribution in [0.5, 0.6) is 5.75 Å². The molecule has 0 saturated carbocycles. The number of ether oxygens (including phenoxy) is 2. The van der Waals surface area contributed by atoms with Gasteiger partial charge in [-0.1, -0.05) is 6.92 Å². The van der Waals surface area contributed by atoms with Crippen LogP contribution in [0.25, 0.3) is 10.9 Å². The highest BCUT2D eigenvalue weighted by molar-refractivity contribution is 5.95. The van der Waals surface area contributed by atoms with Crippen molar-refractivity contribution in [2.24, 2.45) is 0 Å². The van der Waals surface area contributed by atoms with E-state index >= 15 is 0 Å². The normalized spacial score (nSPS) is 11.7. The lowest BCUT2D eigenvalue weighted by Crippen LogP contribution is -2.28. The largest absolute Gasteiger partial charge is 0.486 e. The molecule has 0 bridgehead atoms. The van der Waals surface area contributed by atoms with Gasteiger partial charge in [0.1, 0.15) is 40.9 Å². The topological polar surface area (TPSA) is 40.5 Å². The number of hydrogen-bond donors (Lipinski definition) is 0. The van der Waals surface area contributed by atoms with Crippen LogP contribution in [-0.4, -0.2) is 16.3 Å². The highest BCUT2D eigenvalue weighted by atomic mass is 19.1. The first kappa shape index (κ1) is 20.8. The first-order chi connectivity index (χ1) is 13.6. The second-order valence-corrected chi connectivity index (χ2v) is 7.67. The third-order valence-electron chi connectivity index (χ3n) is 4.24. The monoisotopic (exact) mass is 405 g/mol. The summed E-state index contributed by atoms with van der Waals surface area (Å²) >= 11 is 0. The lowest BCUT2D eigenvalue weighted by molar-refractivity contribution is 0.0539. The predicted octanol–water partition coefficient (Wildman–Crippen LogP) is 5.98. The van der Waals surface area contributed by atoms with Gasteiger partial charge in [-0.2, -0.15) is 0 Å². The summed E-state index contributed by atoms with van der Waals surface area (Å²) in [5, 5.41) is 0.460. The van der Waals surface area contributed by atoms with Gasteiger partial charge < -0.3 is 9.47 Å². The van der Waals surface area contributed by atoms with Crippen LogP contribution in [-0.2, 0) is 17.8 Å². The Morgan fingerprint density at radius 2 is 1.76 bits per heavy atom. The van der Waals surface area contributed by atoms with Crippen molar-refractivity contribution in [2.45, 2.75) is 46.3 Å². The van der Waals surface area contributed by atoms with E-state index in [1.165, 1.54) is 16.7 Å². The second-order valence-electron chi connectivity index (χ2n) is 7.67. The summed E-state index contributed by atoms with van der Waals surface area (Å²) in [5.74, 6) is -1.97. The average Bonchev–Trinajstić information content (AvgIpc) is 2.97. The number of rotatable bonds is 4. The summed E-state index contributed by atoms with van der Waals surface area (Å²) in [6.45, 7) is 6.84. The summed E-state index contributed by atoms with van der Waals surface area (Å²) in [5.41, 5.74) is 0.337. The summed E-state index contributed by atoms with van der Waals surface area (Å²) in [7, 11) is 0. The van der Waals surface area contributed by atoms with Gasteiger partial charge in [-0.25, -0.2) is 22.5 Å². The Morgan fingerprint density at radius 1 is 1.03 bits per heavy atom. The quantitative estimate of drug-likeness (QED) is 0.536. The third-order valence-corrected chi connectivity index (χ3v) is 4.24. The number of halogens is 3. The maximum atomic E-state index is 14.1. The van der Waals surface area contributed by atoms with E-state index < -0.39 is 29.1 Å². The van der Waals surface area contributed by atoms with Gasteiger partial charge in [0.25, 0.3) is 0 Å². The fourth-order valence-corrected chi connectivity index (χ4v) is 3.01. The molecule has 0 fully saturated rings. The van der Waals surface area contributed by atoms with Crippen LogP contribution in [0, 0.1) is 17.5 Å². The Morgan fingerprint density at radius 3 is 2.38 bits per heavy atom. The van der Waals surface area contributed by atoms with E-state index in [0.29, 0.717) is 23.0 Å². The minimum atomic E-state index is -0.769.